The Morgan fingerprint density at radius 3 is 2.28 bits per heavy atom. The Kier molecular flexibility index (Phi) is 6.03. The highest BCUT2D eigenvalue weighted by molar-refractivity contribution is 7.03. The van der Waals surface area contributed by atoms with Crippen molar-refractivity contribution in [2.75, 3.05) is 4.90 Å². The summed E-state index contributed by atoms with van der Waals surface area (Å²) in [4.78, 5) is 28.0. The first kappa shape index (κ1) is 20.6. The summed E-state index contributed by atoms with van der Waals surface area (Å²) in [6.07, 6.45) is 0. The fourth-order valence-corrected chi connectivity index (χ4v) is 3.29. The molecule has 0 fully saturated rings. The van der Waals surface area contributed by atoms with E-state index in [2.05, 4.69) is 14.9 Å². The van der Waals surface area contributed by atoms with Crippen LogP contribution in [0.5, 0.6) is 0 Å². The lowest BCUT2D eigenvalue weighted by Crippen LogP contribution is -2.49. The first-order valence-electron chi connectivity index (χ1n) is 8.99. The van der Waals surface area contributed by atoms with Gasteiger partial charge in [-0.3, -0.25) is 14.5 Å². The Labute approximate surface area is 172 Å². The van der Waals surface area contributed by atoms with Gasteiger partial charge in [-0.05, 0) is 62.1 Å². The van der Waals surface area contributed by atoms with Crippen molar-refractivity contribution in [2.45, 2.75) is 32.4 Å². The summed E-state index contributed by atoms with van der Waals surface area (Å²) >= 11 is 1.04. The predicted octanol–water partition coefficient (Wildman–Crippen LogP) is 3.98. The topological polar surface area (TPSA) is 75.2 Å². The molecule has 0 spiro atoms. The molecule has 1 N–H and O–H groups in total. The molecule has 1 unspecified atom stereocenters. The lowest BCUT2D eigenvalue weighted by atomic mass is 10.0. The number of halogens is 1. The van der Waals surface area contributed by atoms with E-state index in [4.69, 9.17) is 0 Å². The fourth-order valence-electron chi connectivity index (χ4n) is 2.86. The fraction of sp³-hybridized carbons (Fsp3) is 0.238. The van der Waals surface area contributed by atoms with E-state index >= 15 is 0 Å². The summed E-state index contributed by atoms with van der Waals surface area (Å²) in [5.74, 6) is -1.29. The second-order valence-electron chi connectivity index (χ2n) is 7.49. The molecule has 8 heteroatoms. The van der Waals surface area contributed by atoms with Crippen LogP contribution in [0.4, 0.5) is 10.1 Å². The number of nitrogens with zero attached hydrogens (tertiary/aromatic N) is 3. The minimum atomic E-state index is -0.977. The number of carbonyl (C=O) groups is 2. The van der Waals surface area contributed by atoms with Crippen LogP contribution in [0.3, 0.4) is 0 Å². The van der Waals surface area contributed by atoms with Gasteiger partial charge in [0.2, 0.25) is 5.91 Å². The van der Waals surface area contributed by atoms with Gasteiger partial charge >= 0.3 is 0 Å². The summed E-state index contributed by atoms with van der Waals surface area (Å²) in [6.45, 7) is 5.59. The number of aromatic nitrogens is 2. The summed E-state index contributed by atoms with van der Waals surface area (Å²) < 4.78 is 17.3. The zero-order valence-corrected chi connectivity index (χ0v) is 17.1. The van der Waals surface area contributed by atoms with E-state index in [0.29, 0.717) is 11.3 Å². The molecule has 1 heterocycles. The van der Waals surface area contributed by atoms with E-state index in [1.165, 1.54) is 34.5 Å². The Morgan fingerprint density at radius 2 is 1.72 bits per heavy atom. The van der Waals surface area contributed by atoms with Crippen molar-refractivity contribution >= 4 is 29.0 Å². The molecule has 150 valence electrons. The maximum atomic E-state index is 13.5. The van der Waals surface area contributed by atoms with E-state index in [1.54, 1.807) is 24.3 Å². The van der Waals surface area contributed by atoms with Crippen LogP contribution >= 0.6 is 11.5 Å². The van der Waals surface area contributed by atoms with Crippen molar-refractivity contribution < 1.29 is 14.0 Å². The third-order valence-corrected chi connectivity index (χ3v) is 4.53. The Morgan fingerprint density at radius 1 is 1.07 bits per heavy atom. The smallest absolute Gasteiger partial charge is 0.280 e. The van der Waals surface area contributed by atoms with Gasteiger partial charge in [0.1, 0.15) is 11.9 Å². The standard InChI is InChI=1S/C21H21FN4O2S/c1-21(2,3)23-19(27)18(14-7-5-4-6-8-14)26(16-11-9-15(22)10-12-16)20(28)17-13-29-25-24-17/h4-13,18H,1-3H3,(H,23,27). The van der Waals surface area contributed by atoms with Gasteiger partial charge in [0.25, 0.3) is 5.91 Å². The number of rotatable bonds is 5. The number of carbonyl (C=O) groups excluding carboxylic acids is 2. The number of hydrogen-bond donors (Lipinski definition) is 1. The zero-order valence-electron chi connectivity index (χ0n) is 16.3. The van der Waals surface area contributed by atoms with E-state index in [9.17, 15) is 14.0 Å². The van der Waals surface area contributed by atoms with Crippen LogP contribution in [0.25, 0.3) is 0 Å². The monoisotopic (exact) mass is 412 g/mol. The third kappa shape index (κ3) is 5.03. The second-order valence-corrected chi connectivity index (χ2v) is 8.10. The number of nitrogens with one attached hydrogen (secondary N) is 1. The van der Waals surface area contributed by atoms with E-state index < -0.39 is 23.3 Å². The number of hydrogen-bond acceptors (Lipinski definition) is 5. The van der Waals surface area contributed by atoms with E-state index in [-0.39, 0.29) is 11.6 Å². The van der Waals surface area contributed by atoms with Gasteiger partial charge in [-0.25, -0.2) is 4.39 Å². The average molecular weight is 412 g/mol. The van der Waals surface area contributed by atoms with E-state index in [1.807, 2.05) is 26.8 Å². The van der Waals surface area contributed by atoms with Crippen molar-refractivity contribution in [2.24, 2.45) is 0 Å². The second kappa shape index (κ2) is 8.48. The molecule has 1 aromatic heterocycles. The quantitative estimate of drug-likeness (QED) is 0.688. The van der Waals surface area contributed by atoms with Crippen molar-refractivity contribution in [3.8, 4) is 0 Å². The Bertz CT molecular complexity index is 970. The summed E-state index contributed by atoms with van der Waals surface area (Å²) in [5.41, 5.74) is 0.602. The third-order valence-electron chi connectivity index (χ3n) is 4.02. The van der Waals surface area contributed by atoms with Crippen LogP contribution in [0.15, 0.2) is 60.0 Å². The van der Waals surface area contributed by atoms with Gasteiger partial charge in [0, 0.05) is 16.6 Å². The SMILES string of the molecule is CC(C)(C)NC(=O)C(c1ccccc1)N(C(=O)c1csnn1)c1ccc(F)cc1. The molecule has 0 aliphatic carbocycles. The van der Waals surface area contributed by atoms with Crippen LogP contribution < -0.4 is 10.2 Å². The van der Waals surface area contributed by atoms with E-state index in [0.717, 1.165) is 11.5 Å². The predicted molar refractivity (Wildman–Crippen MR) is 110 cm³/mol. The maximum absolute atomic E-state index is 13.5. The van der Waals surface area contributed by atoms with Gasteiger partial charge in [0.05, 0.1) is 0 Å². The molecule has 0 saturated heterocycles. The molecule has 29 heavy (non-hydrogen) atoms. The van der Waals surface area contributed by atoms with Crippen molar-refractivity contribution in [3.63, 3.8) is 0 Å². The highest BCUT2D eigenvalue weighted by Crippen LogP contribution is 2.30. The van der Waals surface area contributed by atoms with Crippen LogP contribution in [-0.2, 0) is 4.79 Å². The van der Waals surface area contributed by atoms with Gasteiger partial charge in [-0.1, -0.05) is 34.8 Å². The van der Waals surface area contributed by atoms with Crippen molar-refractivity contribution in [1.29, 1.82) is 0 Å². The average Bonchev–Trinajstić information content (AvgIpc) is 3.20. The highest BCUT2D eigenvalue weighted by Gasteiger charge is 2.35. The molecule has 0 radical (unpaired) electrons. The molecule has 6 nitrogen and oxygen atoms in total. The van der Waals surface area contributed by atoms with Crippen LogP contribution in [0.2, 0.25) is 0 Å². The molecule has 1 atom stereocenters. The molecule has 2 aromatic carbocycles. The minimum absolute atomic E-state index is 0.115. The Hall–Kier alpha value is -3.13. The molecule has 0 saturated carbocycles. The van der Waals surface area contributed by atoms with Gasteiger partial charge in [-0.2, -0.15) is 0 Å². The molecule has 3 rings (SSSR count). The first-order valence-corrected chi connectivity index (χ1v) is 9.83. The molecule has 3 aromatic rings. The van der Waals surface area contributed by atoms with Gasteiger partial charge < -0.3 is 5.32 Å². The van der Waals surface area contributed by atoms with Crippen molar-refractivity contribution in [3.05, 3.63) is 77.1 Å². The number of anilines is 1. The molecule has 0 aliphatic heterocycles. The summed E-state index contributed by atoms with van der Waals surface area (Å²) in [5, 5.41) is 8.32. The molecule has 2 amide bonds. The number of benzene rings is 2. The lowest BCUT2D eigenvalue weighted by molar-refractivity contribution is -0.123. The zero-order chi connectivity index (χ0) is 21.0. The largest absolute Gasteiger partial charge is 0.349 e. The summed E-state index contributed by atoms with van der Waals surface area (Å²) in [7, 11) is 0. The summed E-state index contributed by atoms with van der Waals surface area (Å²) in [6, 6.07) is 13.4. The number of amides is 2. The van der Waals surface area contributed by atoms with Crippen LogP contribution in [0, 0.1) is 5.82 Å². The van der Waals surface area contributed by atoms with Crippen LogP contribution in [0.1, 0.15) is 42.9 Å². The Balaban J connectivity index is 2.15. The normalized spacial score (nSPS) is 12.3. The lowest BCUT2D eigenvalue weighted by Gasteiger charge is -2.33. The van der Waals surface area contributed by atoms with Gasteiger partial charge in [-0.15, -0.1) is 5.10 Å². The van der Waals surface area contributed by atoms with Crippen LogP contribution in [-0.4, -0.2) is 26.9 Å². The maximum Gasteiger partial charge on any atom is 0.280 e. The minimum Gasteiger partial charge on any atom is -0.349 e. The molecule has 0 aliphatic rings. The van der Waals surface area contributed by atoms with Crippen molar-refractivity contribution in [1.82, 2.24) is 14.9 Å². The first-order chi connectivity index (χ1) is 13.8. The molecular weight excluding hydrogens is 391 g/mol. The van der Waals surface area contributed by atoms with Gasteiger partial charge in [0.15, 0.2) is 5.69 Å². The molecular formula is C21H21FN4O2S. The molecule has 0 bridgehead atoms. The highest BCUT2D eigenvalue weighted by atomic mass is 32.1.